The Balaban J connectivity index is 1.68. The zero-order chi connectivity index (χ0) is 22.5. The third-order valence-electron chi connectivity index (χ3n) is 4.74. The molecule has 2 aromatic rings. The SMILES string of the molecule is CCC(C)Oc1ccc(/C=C2/NC(=O)N(CC(=O)Nc3cccc(C)c3)C2=O)cc1Cl. The van der Waals surface area contributed by atoms with Crippen LogP contribution in [-0.2, 0) is 9.59 Å². The lowest BCUT2D eigenvalue weighted by Gasteiger charge is -2.14. The number of hydrogen-bond acceptors (Lipinski definition) is 4. The van der Waals surface area contributed by atoms with Crippen molar-refractivity contribution < 1.29 is 19.1 Å². The molecule has 1 unspecified atom stereocenters. The van der Waals surface area contributed by atoms with E-state index in [0.29, 0.717) is 22.0 Å². The predicted molar refractivity (Wildman–Crippen MR) is 120 cm³/mol. The molecule has 162 valence electrons. The average Bonchev–Trinajstić information content (AvgIpc) is 2.97. The highest BCUT2D eigenvalue weighted by atomic mass is 35.5. The van der Waals surface area contributed by atoms with Crippen LogP contribution in [0.1, 0.15) is 31.4 Å². The fourth-order valence-corrected chi connectivity index (χ4v) is 3.18. The molecule has 8 heteroatoms. The Bertz CT molecular complexity index is 1050. The van der Waals surface area contributed by atoms with Gasteiger partial charge in [0, 0.05) is 5.69 Å². The van der Waals surface area contributed by atoms with Crippen LogP contribution >= 0.6 is 11.6 Å². The Kier molecular flexibility index (Phi) is 6.97. The Morgan fingerprint density at radius 2 is 2.03 bits per heavy atom. The number of halogens is 1. The number of rotatable bonds is 7. The summed E-state index contributed by atoms with van der Waals surface area (Å²) in [7, 11) is 0. The molecule has 0 bridgehead atoms. The topological polar surface area (TPSA) is 87.7 Å². The minimum atomic E-state index is -0.654. The number of hydrogen-bond donors (Lipinski definition) is 2. The van der Waals surface area contributed by atoms with Gasteiger partial charge >= 0.3 is 6.03 Å². The molecule has 1 atom stereocenters. The molecule has 0 spiro atoms. The van der Waals surface area contributed by atoms with Crippen LogP contribution in [0.25, 0.3) is 6.08 Å². The maximum absolute atomic E-state index is 12.6. The van der Waals surface area contributed by atoms with Gasteiger partial charge in [-0.3, -0.25) is 9.59 Å². The van der Waals surface area contributed by atoms with Gasteiger partial charge in [-0.25, -0.2) is 9.69 Å². The molecular formula is C23H24ClN3O4. The van der Waals surface area contributed by atoms with Gasteiger partial charge in [0.05, 0.1) is 11.1 Å². The molecule has 0 aliphatic carbocycles. The molecular weight excluding hydrogens is 418 g/mol. The first-order valence-corrected chi connectivity index (χ1v) is 10.3. The van der Waals surface area contributed by atoms with Crippen molar-refractivity contribution in [2.75, 3.05) is 11.9 Å². The maximum Gasteiger partial charge on any atom is 0.329 e. The number of carbonyl (C=O) groups is 3. The summed E-state index contributed by atoms with van der Waals surface area (Å²) in [6, 6.07) is 11.7. The van der Waals surface area contributed by atoms with E-state index >= 15 is 0 Å². The van der Waals surface area contributed by atoms with Crippen LogP contribution in [0.15, 0.2) is 48.2 Å². The fourth-order valence-electron chi connectivity index (χ4n) is 2.95. The predicted octanol–water partition coefficient (Wildman–Crippen LogP) is 4.36. The Morgan fingerprint density at radius 1 is 1.26 bits per heavy atom. The maximum atomic E-state index is 12.6. The lowest BCUT2D eigenvalue weighted by molar-refractivity contribution is -0.127. The third-order valence-corrected chi connectivity index (χ3v) is 5.03. The molecule has 4 amide bonds. The van der Waals surface area contributed by atoms with E-state index in [9.17, 15) is 14.4 Å². The quantitative estimate of drug-likeness (QED) is 0.493. The van der Waals surface area contributed by atoms with Crippen molar-refractivity contribution >= 4 is 41.2 Å². The molecule has 31 heavy (non-hydrogen) atoms. The van der Waals surface area contributed by atoms with Gasteiger partial charge in [-0.2, -0.15) is 0 Å². The minimum Gasteiger partial charge on any atom is -0.489 e. The van der Waals surface area contributed by atoms with Crippen molar-refractivity contribution in [1.82, 2.24) is 10.2 Å². The van der Waals surface area contributed by atoms with Crippen LogP contribution in [-0.4, -0.2) is 35.4 Å². The van der Waals surface area contributed by atoms with E-state index in [-0.39, 0.29) is 11.8 Å². The van der Waals surface area contributed by atoms with Crippen LogP contribution in [0.3, 0.4) is 0 Å². The number of urea groups is 1. The molecule has 0 saturated carbocycles. The van der Waals surface area contributed by atoms with Crippen LogP contribution < -0.4 is 15.4 Å². The summed E-state index contributed by atoms with van der Waals surface area (Å²) in [5, 5.41) is 5.59. The summed E-state index contributed by atoms with van der Waals surface area (Å²) in [6.45, 7) is 5.47. The highest BCUT2D eigenvalue weighted by Crippen LogP contribution is 2.28. The molecule has 2 aromatic carbocycles. The van der Waals surface area contributed by atoms with Gasteiger partial charge < -0.3 is 15.4 Å². The third kappa shape index (κ3) is 5.64. The first-order chi connectivity index (χ1) is 14.8. The Hall–Kier alpha value is -3.32. The van der Waals surface area contributed by atoms with Crippen molar-refractivity contribution in [3.05, 3.63) is 64.3 Å². The lowest BCUT2D eigenvalue weighted by atomic mass is 10.1. The van der Waals surface area contributed by atoms with Crippen LogP contribution in [0, 0.1) is 6.92 Å². The standard InChI is InChI=1S/C23H24ClN3O4/c1-4-15(3)31-20-9-8-16(11-18(20)24)12-19-22(29)27(23(30)26-19)13-21(28)25-17-7-5-6-14(2)10-17/h5-12,15H,4,13H2,1-3H3,(H,25,28)(H,26,30)/b19-12+. The number of nitrogens with one attached hydrogen (secondary N) is 2. The first-order valence-electron chi connectivity index (χ1n) is 9.94. The molecule has 1 aliphatic rings. The molecule has 0 radical (unpaired) electrons. The van der Waals surface area contributed by atoms with Crippen molar-refractivity contribution in [3.8, 4) is 5.75 Å². The number of imide groups is 1. The van der Waals surface area contributed by atoms with Gasteiger partial charge in [0.2, 0.25) is 5.91 Å². The number of ether oxygens (including phenoxy) is 1. The van der Waals surface area contributed by atoms with Gasteiger partial charge in [0.15, 0.2) is 0 Å². The van der Waals surface area contributed by atoms with E-state index < -0.39 is 24.4 Å². The van der Waals surface area contributed by atoms with Gasteiger partial charge in [-0.15, -0.1) is 0 Å². The van der Waals surface area contributed by atoms with Crippen molar-refractivity contribution in [2.24, 2.45) is 0 Å². The number of nitrogens with zero attached hydrogens (tertiary/aromatic N) is 1. The second-order valence-electron chi connectivity index (χ2n) is 7.32. The number of anilines is 1. The normalized spacial score (nSPS) is 15.7. The van der Waals surface area contributed by atoms with E-state index in [1.54, 1.807) is 30.3 Å². The van der Waals surface area contributed by atoms with Gasteiger partial charge in [-0.05, 0) is 61.7 Å². The highest BCUT2D eigenvalue weighted by Gasteiger charge is 2.34. The molecule has 1 saturated heterocycles. The smallest absolute Gasteiger partial charge is 0.329 e. The summed E-state index contributed by atoms with van der Waals surface area (Å²) in [5.74, 6) is -0.500. The summed E-state index contributed by atoms with van der Waals surface area (Å²) in [5.41, 5.74) is 2.27. The molecule has 2 N–H and O–H groups in total. The summed E-state index contributed by atoms with van der Waals surface area (Å²) < 4.78 is 5.73. The summed E-state index contributed by atoms with van der Waals surface area (Å²) in [6.07, 6.45) is 2.38. The van der Waals surface area contributed by atoms with E-state index in [1.807, 2.05) is 32.9 Å². The highest BCUT2D eigenvalue weighted by molar-refractivity contribution is 6.32. The molecule has 7 nitrogen and oxygen atoms in total. The average molecular weight is 442 g/mol. The molecule has 1 heterocycles. The zero-order valence-corrected chi connectivity index (χ0v) is 18.3. The lowest BCUT2D eigenvalue weighted by Crippen LogP contribution is -2.38. The number of benzene rings is 2. The molecule has 3 rings (SSSR count). The van der Waals surface area contributed by atoms with Gasteiger partial charge in [0.25, 0.3) is 5.91 Å². The second-order valence-corrected chi connectivity index (χ2v) is 7.73. The van der Waals surface area contributed by atoms with E-state index in [1.165, 1.54) is 6.08 Å². The van der Waals surface area contributed by atoms with E-state index in [2.05, 4.69) is 10.6 Å². The zero-order valence-electron chi connectivity index (χ0n) is 17.6. The van der Waals surface area contributed by atoms with Crippen LogP contribution in [0.5, 0.6) is 5.75 Å². The van der Waals surface area contributed by atoms with Gasteiger partial charge in [-0.1, -0.05) is 36.7 Å². The van der Waals surface area contributed by atoms with E-state index in [4.69, 9.17) is 16.3 Å². The monoisotopic (exact) mass is 441 g/mol. The fraction of sp³-hybridized carbons (Fsp3) is 0.261. The van der Waals surface area contributed by atoms with E-state index in [0.717, 1.165) is 16.9 Å². The van der Waals surface area contributed by atoms with Crippen molar-refractivity contribution in [2.45, 2.75) is 33.3 Å². The molecule has 1 fully saturated rings. The minimum absolute atomic E-state index is 0.0249. The largest absolute Gasteiger partial charge is 0.489 e. The van der Waals surface area contributed by atoms with Gasteiger partial charge in [0.1, 0.15) is 18.0 Å². The van der Waals surface area contributed by atoms with Crippen molar-refractivity contribution in [3.63, 3.8) is 0 Å². The van der Waals surface area contributed by atoms with Crippen molar-refractivity contribution in [1.29, 1.82) is 0 Å². The molecule has 1 aliphatic heterocycles. The second kappa shape index (κ2) is 9.66. The summed E-state index contributed by atoms with van der Waals surface area (Å²) >= 11 is 6.28. The first kappa shape index (κ1) is 22.4. The number of carbonyl (C=O) groups excluding carboxylic acids is 3. The van der Waals surface area contributed by atoms with Crippen LogP contribution in [0.2, 0.25) is 5.02 Å². The summed E-state index contributed by atoms with van der Waals surface area (Å²) in [4.78, 5) is 38.0. The number of aryl methyl sites for hydroxylation is 1. The molecule has 0 aromatic heterocycles. The van der Waals surface area contributed by atoms with Crippen LogP contribution in [0.4, 0.5) is 10.5 Å². The Morgan fingerprint density at radius 3 is 2.71 bits per heavy atom. The number of amides is 4. The Labute approximate surface area is 186 Å².